The first-order valence-electron chi connectivity index (χ1n) is 14.1. The smallest absolute Gasteiger partial charge is 0.418 e. The van der Waals surface area contributed by atoms with Crippen LogP contribution < -0.4 is 25.8 Å². The molecule has 0 radical (unpaired) electrons. The van der Waals surface area contributed by atoms with Gasteiger partial charge in [-0.05, 0) is 52.4 Å². The first-order chi connectivity index (χ1) is 20.9. The van der Waals surface area contributed by atoms with Crippen LogP contribution in [0, 0.1) is 12.7 Å². The van der Waals surface area contributed by atoms with Crippen LogP contribution in [0.2, 0.25) is 0 Å². The molecule has 11 nitrogen and oxygen atoms in total. The maximum atomic E-state index is 16.6. The summed E-state index contributed by atoms with van der Waals surface area (Å²) in [6.07, 6.45) is -1.38. The lowest BCUT2D eigenvalue weighted by Gasteiger charge is -2.30. The first-order valence-corrected chi connectivity index (χ1v) is 14.1. The van der Waals surface area contributed by atoms with Gasteiger partial charge in [0.1, 0.15) is 47.3 Å². The van der Waals surface area contributed by atoms with Gasteiger partial charge >= 0.3 is 12.2 Å². The number of aryl methyl sites for hydroxylation is 1. The molecule has 15 heteroatoms. The maximum absolute atomic E-state index is 16.6. The van der Waals surface area contributed by atoms with E-state index in [0.29, 0.717) is 11.4 Å². The number of nitrogens with two attached hydrogens (primary N) is 2. The molecule has 44 heavy (non-hydrogen) atoms. The molecule has 2 atom stereocenters. The van der Waals surface area contributed by atoms with E-state index in [0.717, 1.165) is 32.4 Å². The third kappa shape index (κ3) is 5.25. The summed E-state index contributed by atoms with van der Waals surface area (Å²) in [4.78, 5) is 25.3. The Bertz CT molecular complexity index is 1740. The summed E-state index contributed by atoms with van der Waals surface area (Å²) in [5.74, 6) is -0.900. The van der Waals surface area contributed by atoms with Crippen molar-refractivity contribution in [2.75, 3.05) is 49.7 Å². The van der Waals surface area contributed by atoms with Gasteiger partial charge in [0.05, 0.1) is 23.8 Å². The molecule has 6 heterocycles. The summed E-state index contributed by atoms with van der Waals surface area (Å²) in [5.41, 5.74) is 9.64. The van der Waals surface area contributed by atoms with E-state index in [1.807, 2.05) is 24.9 Å². The number of hydrogen-bond acceptors (Lipinski definition) is 11. The third-order valence-corrected chi connectivity index (χ3v) is 8.18. The number of rotatable bonds is 6. The number of nitrogens with zero attached hydrogens (tertiary/aromatic N) is 7. The van der Waals surface area contributed by atoms with E-state index in [4.69, 9.17) is 20.9 Å². The number of hydrogen-bond donors (Lipinski definition) is 2. The SMILES string of the molecule is Cc1nc(N)cc(-c2nc3c4c(nc(OC[C@@H]5CCCN5C)nc4c2F)N([C@H](C)c2cccnc2N)CCO3)c1C(F)(F)F. The van der Waals surface area contributed by atoms with Crippen molar-refractivity contribution in [2.24, 2.45) is 0 Å². The van der Waals surface area contributed by atoms with E-state index < -0.39 is 40.6 Å². The fourth-order valence-electron chi connectivity index (χ4n) is 5.94. The normalized spacial score (nSPS) is 17.9. The van der Waals surface area contributed by atoms with Gasteiger partial charge in [-0.25, -0.2) is 19.3 Å². The quantitative estimate of drug-likeness (QED) is 0.296. The molecular weight excluding hydrogens is 582 g/mol. The van der Waals surface area contributed by atoms with Gasteiger partial charge in [-0.15, -0.1) is 0 Å². The molecule has 2 aliphatic rings. The van der Waals surface area contributed by atoms with Crippen molar-refractivity contribution in [3.63, 3.8) is 0 Å². The van der Waals surface area contributed by atoms with E-state index in [1.165, 1.54) is 0 Å². The number of likely N-dealkylation sites (tertiary alicyclic amines) is 1. The van der Waals surface area contributed by atoms with Crippen LogP contribution in [-0.2, 0) is 6.18 Å². The molecule has 232 valence electrons. The molecule has 4 aromatic heterocycles. The molecule has 4 aromatic rings. The average molecular weight is 614 g/mol. The summed E-state index contributed by atoms with van der Waals surface area (Å²) in [7, 11) is 1.99. The molecule has 0 spiro atoms. The second kappa shape index (κ2) is 11.2. The Morgan fingerprint density at radius 1 is 1.16 bits per heavy atom. The van der Waals surface area contributed by atoms with Gasteiger partial charge in [-0.3, -0.25) is 0 Å². The van der Waals surface area contributed by atoms with Crippen molar-refractivity contribution in [3.8, 4) is 23.1 Å². The molecule has 0 aromatic carbocycles. The zero-order valence-electron chi connectivity index (χ0n) is 24.3. The Kier molecular flexibility index (Phi) is 7.51. The van der Waals surface area contributed by atoms with Crippen molar-refractivity contribution >= 4 is 28.4 Å². The highest BCUT2D eigenvalue weighted by Gasteiger charge is 2.39. The molecule has 1 saturated heterocycles. The number of aromatic nitrogens is 5. The molecule has 1 fully saturated rings. The van der Waals surface area contributed by atoms with Crippen molar-refractivity contribution in [1.82, 2.24) is 29.8 Å². The van der Waals surface area contributed by atoms with Gasteiger partial charge < -0.3 is 30.7 Å². The number of halogens is 4. The molecule has 2 aliphatic heterocycles. The predicted octanol–water partition coefficient (Wildman–Crippen LogP) is 4.55. The van der Waals surface area contributed by atoms with Gasteiger partial charge in [-0.2, -0.15) is 23.1 Å². The Morgan fingerprint density at radius 2 is 1.95 bits per heavy atom. The monoisotopic (exact) mass is 613 g/mol. The Morgan fingerprint density at radius 3 is 2.66 bits per heavy atom. The third-order valence-electron chi connectivity index (χ3n) is 8.18. The number of pyridine rings is 3. The second-order valence-electron chi connectivity index (χ2n) is 11.0. The summed E-state index contributed by atoms with van der Waals surface area (Å²) >= 11 is 0. The zero-order chi connectivity index (χ0) is 31.3. The van der Waals surface area contributed by atoms with E-state index in [2.05, 4.69) is 29.8 Å². The zero-order valence-corrected chi connectivity index (χ0v) is 24.3. The minimum Gasteiger partial charge on any atom is -0.475 e. The van der Waals surface area contributed by atoms with E-state index in [9.17, 15) is 13.2 Å². The predicted molar refractivity (Wildman–Crippen MR) is 156 cm³/mol. The lowest BCUT2D eigenvalue weighted by molar-refractivity contribution is -0.137. The number of anilines is 3. The van der Waals surface area contributed by atoms with Crippen LogP contribution in [0.4, 0.5) is 35.0 Å². The minimum atomic E-state index is -4.87. The minimum absolute atomic E-state index is 0.0563. The highest BCUT2D eigenvalue weighted by atomic mass is 19.4. The molecule has 6 rings (SSSR count). The standard InChI is InChI=1S/C29H31F4N9O2/c1-14-21(29(31,32)33)18(12-19(34)37-14)23-22(30)24-20-26(40-28(39-24)44-13-16-6-5-9-41(16)3)42(10-11-43-27(20)38-23)15(2)17-7-4-8-36-25(17)35/h4,7-8,12,15-16H,5-6,9-11,13H2,1-3H3,(H2,34,37)(H2,35,36)/t15-,16+/m1/s1. The Balaban J connectivity index is 1.57. The van der Waals surface area contributed by atoms with Gasteiger partial charge in [0, 0.05) is 23.4 Å². The van der Waals surface area contributed by atoms with Gasteiger partial charge in [0.2, 0.25) is 5.88 Å². The molecular formula is C29H31F4N9O2. The summed E-state index contributed by atoms with van der Waals surface area (Å²) in [6, 6.07) is 4.09. The van der Waals surface area contributed by atoms with E-state index in [1.54, 1.807) is 12.3 Å². The fourth-order valence-corrected chi connectivity index (χ4v) is 5.94. The lowest BCUT2D eigenvalue weighted by atomic mass is 10.0. The van der Waals surface area contributed by atoms with Gasteiger partial charge in [0.25, 0.3) is 0 Å². The van der Waals surface area contributed by atoms with Crippen LogP contribution in [0.15, 0.2) is 24.4 Å². The van der Waals surface area contributed by atoms with Crippen LogP contribution in [-0.4, -0.2) is 69.2 Å². The van der Waals surface area contributed by atoms with Crippen molar-refractivity contribution in [2.45, 2.75) is 44.9 Å². The van der Waals surface area contributed by atoms with Crippen LogP contribution in [0.3, 0.4) is 0 Å². The Hall–Kier alpha value is -4.53. The van der Waals surface area contributed by atoms with Crippen LogP contribution in [0.5, 0.6) is 11.9 Å². The Labute approximate surface area is 250 Å². The molecule has 0 amide bonds. The molecule has 0 bridgehead atoms. The molecule has 0 aliphatic carbocycles. The van der Waals surface area contributed by atoms with Crippen LogP contribution in [0.25, 0.3) is 22.2 Å². The fraction of sp³-hybridized carbons (Fsp3) is 0.414. The van der Waals surface area contributed by atoms with Crippen LogP contribution >= 0.6 is 0 Å². The second-order valence-corrected chi connectivity index (χ2v) is 11.0. The van der Waals surface area contributed by atoms with Gasteiger partial charge in [0.15, 0.2) is 5.82 Å². The number of likely N-dealkylation sites (N-methyl/N-ethyl adjacent to an activating group) is 1. The topological polar surface area (TPSA) is 141 Å². The summed E-state index contributed by atoms with van der Waals surface area (Å²) in [6.45, 7) is 4.51. The van der Waals surface area contributed by atoms with Crippen molar-refractivity contribution in [3.05, 3.63) is 47.0 Å². The summed E-state index contributed by atoms with van der Waals surface area (Å²) < 4.78 is 71.3. The van der Waals surface area contributed by atoms with Crippen LogP contribution in [0.1, 0.15) is 42.6 Å². The number of ether oxygens (including phenoxy) is 2. The van der Waals surface area contributed by atoms with Gasteiger partial charge in [-0.1, -0.05) is 6.07 Å². The first kappa shape index (κ1) is 29.5. The van der Waals surface area contributed by atoms with Crippen molar-refractivity contribution in [1.29, 1.82) is 0 Å². The van der Waals surface area contributed by atoms with Crippen molar-refractivity contribution < 1.29 is 27.0 Å². The largest absolute Gasteiger partial charge is 0.475 e. The molecule has 0 unspecified atom stereocenters. The maximum Gasteiger partial charge on any atom is 0.418 e. The number of nitrogen functional groups attached to an aromatic ring is 2. The molecule has 4 N–H and O–H groups in total. The summed E-state index contributed by atoms with van der Waals surface area (Å²) in [5, 5.41) is 0.0932. The average Bonchev–Trinajstić information content (AvgIpc) is 3.28. The molecule has 0 saturated carbocycles. The van der Waals surface area contributed by atoms with E-state index in [-0.39, 0.29) is 60.2 Å². The number of alkyl halides is 3. The highest BCUT2D eigenvalue weighted by molar-refractivity contribution is 5.97. The lowest BCUT2D eigenvalue weighted by Crippen LogP contribution is -2.32. The van der Waals surface area contributed by atoms with E-state index >= 15 is 4.39 Å². The highest BCUT2D eigenvalue weighted by Crippen LogP contribution is 2.45.